The van der Waals surface area contributed by atoms with E-state index >= 15 is 0 Å². The highest BCUT2D eigenvalue weighted by molar-refractivity contribution is 9.10. The van der Waals surface area contributed by atoms with Gasteiger partial charge in [0.05, 0.1) is 23.2 Å². The van der Waals surface area contributed by atoms with E-state index in [0.717, 1.165) is 6.42 Å². The zero-order valence-electron chi connectivity index (χ0n) is 11.0. The maximum Gasteiger partial charge on any atom is 0.254 e. The van der Waals surface area contributed by atoms with Crippen molar-refractivity contribution in [1.82, 2.24) is 4.90 Å². The number of amides is 1. The van der Waals surface area contributed by atoms with Crippen LogP contribution in [0.5, 0.6) is 0 Å². The first kappa shape index (κ1) is 14.5. The highest BCUT2D eigenvalue weighted by Crippen LogP contribution is 2.21. The molecule has 0 radical (unpaired) electrons. The van der Waals surface area contributed by atoms with Crippen molar-refractivity contribution in [1.29, 1.82) is 0 Å². The fourth-order valence-corrected chi connectivity index (χ4v) is 2.60. The van der Waals surface area contributed by atoms with Crippen molar-refractivity contribution < 1.29 is 13.9 Å². The molecule has 0 aromatic heterocycles. The molecule has 1 aromatic rings. The van der Waals surface area contributed by atoms with Gasteiger partial charge in [-0.25, -0.2) is 4.39 Å². The zero-order valence-corrected chi connectivity index (χ0v) is 12.6. The van der Waals surface area contributed by atoms with Gasteiger partial charge in [-0.05, 0) is 47.5 Å². The minimum Gasteiger partial charge on any atom is -0.375 e. The maximum atomic E-state index is 13.2. The number of ether oxygens (including phenoxy) is 1. The predicted octanol–water partition coefficient (Wildman–Crippen LogP) is 3.23. The number of carbonyl (C=O) groups excluding carboxylic acids is 1. The summed E-state index contributed by atoms with van der Waals surface area (Å²) in [5.41, 5.74) is 0.501. The van der Waals surface area contributed by atoms with Gasteiger partial charge < -0.3 is 9.64 Å². The summed E-state index contributed by atoms with van der Waals surface area (Å²) < 4.78 is 19.1. The molecule has 2 atom stereocenters. The standard InChI is InChI=1S/C14H17BrFNO2/c1-3-11-8-19-9(2)7-17(11)14(18)10-4-5-13(16)12(15)6-10/h4-6,9,11H,3,7-8H2,1-2H3. The highest BCUT2D eigenvalue weighted by Gasteiger charge is 2.30. The molecule has 5 heteroatoms. The van der Waals surface area contributed by atoms with Gasteiger partial charge in [-0.1, -0.05) is 6.92 Å². The lowest BCUT2D eigenvalue weighted by atomic mass is 10.1. The van der Waals surface area contributed by atoms with Gasteiger partial charge in [0.2, 0.25) is 0 Å². The third-order valence-corrected chi connectivity index (χ3v) is 3.97. The van der Waals surface area contributed by atoms with Crippen LogP contribution < -0.4 is 0 Å². The molecule has 1 fully saturated rings. The lowest BCUT2D eigenvalue weighted by Crippen LogP contribution is -2.51. The molecule has 0 saturated carbocycles. The molecule has 0 bridgehead atoms. The van der Waals surface area contributed by atoms with E-state index in [1.54, 1.807) is 0 Å². The molecule has 19 heavy (non-hydrogen) atoms. The molecular formula is C14H17BrFNO2. The zero-order chi connectivity index (χ0) is 14.0. The average Bonchev–Trinajstić information content (AvgIpc) is 2.41. The Kier molecular flexibility index (Phi) is 4.58. The second kappa shape index (κ2) is 6.01. The first-order valence-electron chi connectivity index (χ1n) is 6.40. The predicted molar refractivity (Wildman–Crippen MR) is 74.6 cm³/mol. The molecule has 1 aliphatic heterocycles. The van der Waals surface area contributed by atoms with E-state index in [2.05, 4.69) is 15.9 Å². The van der Waals surface area contributed by atoms with Crippen molar-refractivity contribution in [3.63, 3.8) is 0 Å². The average molecular weight is 330 g/mol. The number of morpholine rings is 1. The SMILES string of the molecule is CCC1COC(C)CN1C(=O)c1ccc(F)c(Br)c1. The van der Waals surface area contributed by atoms with Crippen LogP contribution >= 0.6 is 15.9 Å². The van der Waals surface area contributed by atoms with Crippen molar-refractivity contribution in [2.24, 2.45) is 0 Å². The number of halogens is 2. The Morgan fingerprint density at radius 2 is 2.32 bits per heavy atom. The number of nitrogens with zero attached hydrogens (tertiary/aromatic N) is 1. The molecule has 104 valence electrons. The van der Waals surface area contributed by atoms with Crippen LogP contribution in [-0.4, -0.2) is 36.1 Å². The molecule has 2 rings (SSSR count). The molecule has 2 unspecified atom stereocenters. The first-order valence-corrected chi connectivity index (χ1v) is 7.19. The summed E-state index contributed by atoms with van der Waals surface area (Å²) in [6, 6.07) is 4.45. The molecule has 1 heterocycles. The quantitative estimate of drug-likeness (QED) is 0.833. The van der Waals surface area contributed by atoms with E-state index < -0.39 is 0 Å². The van der Waals surface area contributed by atoms with E-state index in [1.165, 1.54) is 18.2 Å². The van der Waals surface area contributed by atoms with Crippen molar-refractivity contribution in [3.05, 3.63) is 34.1 Å². The second-order valence-electron chi connectivity index (χ2n) is 4.79. The summed E-state index contributed by atoms with van der Waals surface area (Å²) in [5.74, 6) is -0.429. The number of hydrogen-bond donors (Lipinski definition) is 0. The van der Waals surface area contributed by atoms with Gasteiger partial charge in [-0.15, -0.1) is 0 Å². The van der Waals surface area contributed by atoms with Crippen LogP contribution in [0.2, 0.25) is 0 Å². The minimum absolute atomic E-state index is 0.0376. The lowest BCUT2D eigenvalue weighted by Gasteiger charge is -2.38. The van der Waals surface area contributed by atoms with Crippen molar-refractivity contribution >= 4 is 21.8 Å². The van der Waals surface area contributed by atoms with Gasteiger partial charge in [-0.2, -0.15) is 0 Å². The lowest BCUT2D eigenvalue weighted by molar-refractivity contribution is -0.0444. The number of hydrogen-bond acceptors (Lipinski definition) is 2. The van der Waals surface area contributed by atoms with Crippen molar-refractivity contribution in [2.45, 2.75) is 32.4 Å². The largest absolute Gasteiger partial charge is 0.375 e. The van der Waals surface area contributed by atoms with Gasteiger partial charge in [0, 0.05) is 12.1 Å². The molecular weight excluding hydrogens is 313 g/mol. The molecule has 0 aliphatic carbocycles. The van der Waals surface area contributed by atoms with Crippen molar-refractivity contribution in [3.8, 4) is 0 Å². The number of carbonyl (C=O) groups is 1. The summed E-state index contributed by atoms with van der Waals surface area (Å²) in [6.07, 6.45) is 0.886. The molecule has 1 aromatic carbocycles. The van der Waals surface area contributed by atoms with Crippen LogP contribution in [0.3, 0.4) is 0 Å². The Morgan fingerprint density at radius 3 is 2.95 bits per heavy atom. The number of rotatable bonds is 2. The van der Waals surface area contributed by atoms with Crippen molar-refractivity contribution in [2.75, 3.05) is 13.2 Å². The van der Waals surface area contributed by atoms with E-state index in [9.17, 15) is 9.18 Å². The smallest absolute Gasteiger partial charge is 0.254 e. The Morgan fingerprint density at radius 1 is 1.58 bits per heavy atom. The third-order valence-electron chi connectivity index (χ3n) is 3.37. The molecule has 1 saturated heterocycles. The third kappa shape index (κ3) is 3.15. The van der Waals surface area contributed by atoms with Gasteiger partial charge in [0.1, 0.15) is 5.82 Å². The summed E-state index contributed by atoms with van der Waals surface area (Å²) in [4.78, 5) is 14.3. The fraction of sp³-hybridized carbons (Fsp3) is 0.500. The van der Waals surface area contributed by atoms with Crippen LogP contribution in [0.15, 0.2) is 22.7 Å². The van der Waals surface area contributed by atoms with E-state index in [-0.39, 0.29) is 23.9 Å². The van der Waals surface area contributed by atoms with Gasteiger partial charge in [-0.3, -0.25) is 4.79 Å². The number of benzene rings is 1. The van der Waals surface area contributed by atoms with Crippen LogP contribution in [0.1, 0.15) is 30.6 Å². The summed E-state index contributed by atoms with van der Waals surface area (Å²) in [5, 5.41) is 0. The summed E-state index contributed by atoms with van der Waals surface area (Å²) in [7, 11) is 0. The van der Waals surface area contributed by atoms with Crippen LogP contribution in [0.4, 0.5) is 4.39 Å². The Bertz CT molecular complexity index is 481. The maximum absolute atomic E-state index is 13.2. The van der Waals surface area contributed by atoms with E-state index in [4.69, 9.17) is 4.74 Å². The summed E-state index contributed by atoms with van der Waals surface area (Å²) >= 11 is 3.11. The van der Waals surface area contributed by atoms with E-state index in [0.29, 0.717) is 23.2 Å². The Balaban J connectivity index is 2.23. The first-order chi connectivity index (χ1) is 9.02. The fourth-order valence-electron chi connectivity index (χ4n) is 2.23. The van der Waals surface area contributed by atoms with Crippen LogP contribution in [0.25, 0.3) is 0 Å². The highest BCUT2D eigenvalue weighted by atomic mass is 79.9. The normalized spacial score (nSPS) is 23.5. The molecule has 1 amide bonds. The Labute approximate surface area is 120 Å². The second-order valence-corrected chi connectivity index (χ2v) is 5.65. The van der Waals surface area contributed by atoms with Gasteiger partial charge >= 0.3 is 0 Å². The molecule has 0 spiro atoms. The van der Waals surface area contributed by atoms with Gasteiger partial charge in [0.15, 0.2) is 0 Å². The summed E-state index contributed by atoms with van der Waals surface area (Å²) in [6.45, 7) is 5.12. The minimum atomic E-state index is -0.362. The molecule has 0 N–H and O–H groups in total. The monoisotopic (exact) mass is 329 g/mol. The Hall–Kier alpha value is -0.940. The topological polar surface area (TPSA) is 29.5 Å². The van der Waals surface area contributed by atoms with E-state index in [1.807, 2.05) is 18.7 Å². The van der Waals surface area contributed by atoms with Gasteiger partial charge in [0.25, 0.3) is 5.91 Å². The molecule has 1 aliphatic rings. The van der Waals surface area contributed by atoms with Crippen LogP contribution in [-0.2, 0) is 4.74 Å². The molecule has 3 nitrogen and oxygen atoms in total. The van der Waals surface area contributed by atoms with Crippen LogP contribution in [0, 0.1) is 5.82 Å².